The first kappa shape index (κ1) is 20.3. The third-order valence-electron chi connectivity index (χ3n) is 2.90. The number of nitrogens with one attached hydrogen (secondary N) is 3. The Balaban J connectivity index is 2.15. The van der Waals surface area contributed by atoms with Gasteiger partial charge in [-0.15, -0.1) is 0 Å². The summed E-state index contributed by atoms with van der Waals surface area (Å²) < 4.78 is 5.01. The van der Waals surface area contributed by atoms with Gasteiger partial charge in [0.15, 0.2) is 0 Å². The number of amides is 3. The molecule has 1 aromatic carbocycles. The van der Waals surface area contributed by atoms with Gasteiger partial charge in [0.05, 0.1) is 12.1 Å². The van der Waals surface area contributed by atoms with Crippen molar-refractivity contribution >= 4 is 17.9 Å². The molecule has 1 aromatic rings. The van der Waals surface area contributed by atoms with Crippen molar-refractivity contribution in [3.63, 3.8) is 0 Å². The Kier molecular flexibility index (Phi) is 7.71. The number of rotatable bonds is 7. The maximum Gasteiger partial charge on any atom is 0.408 e. The highest BCUT2D eigenvalue weighted by Crippen LogP contribution is 2.14. The van der Waals surface area contributed by atoms with Gasteiger partial charge in [0.1, 0.15) is 11.4 Å². The zero-order valence-corrected chi connectivity index (χ0v) is 14.7. The molecular weight excluding hydrogens is 326 g/mol. The molecule has 1 rings (SSSR count). The van der Waals surface area contributed by atoms with Crippen LogP contribution in [-0.2, 0) is 9.53 Å². The molecule has 25 heavy (non-hydrogen) atoms. The molecule has 0 aliphatic carbocycles. The molecule has 0 bridgehead atoms. The van der Waals surface area contributed by atoms with Gasteiger partial charge in [0.25, 0.3) is 5.91 Å². The van der Waals surface area contributed by atoms with Gasteiger partial charge in [-0.3, -0.25) is 9.59 Å². The van der Waals surface area contributed by atoms with Crippen LogP contribution in [0, 0.1) is 0 Å². The van der Waals surface area contributed by atoms with Crippen LogP contribution in [0.4, 0.5) is 4.79 Å². The summed E-state index contributed by atoms with van der Waals surface area (Å²) in [6, 6.07) is 6.25. The Bertz CT molecular complexity index is 611. The van der Waals surface area contributed by atoms with Crippen LogP contribution in [-0.4, -0.2) is 48.2 Å². The van der Waals surface area contributed by atoms with Gasteiger partial charge in [-0.25, -0.2) is 4.79 Å². The van der Waals surface area contributed by atoms with E-state index < -0.39 is 11.7 Å². The first-order valence-electron chi connectivity index (χ1n) is 7.99. The number of carbonyl (C=O) groups excluding carboxylic acids is 3. The van der Waals surface area contributed by atoms with Crippen LogP contribution in [0.1, 0.15) is 37.6 Å². The summed E-state index contributed by atoms with van der Waals surface area (Å²) in [5.41, 5.74) is -0.417. The molecule has 0 atom stereocenters. The molecule has 0 aliphatic heterocycles. The van der Waals surface area contributed by atoms with E-state index in [0.29, 0.717) is 19.5 Å². The minimum Gasteiger partial charge on any atom is -0.507 e. The highest BCUT2D eigenvalue weighted by Gasteiger charge is 2.16. The Labute approximate surface area is 146 Å². The molecule has 0 saturated heterocycles. The van der Waals surface area contributed by atoms with E-state index in [1.165, 1.54) is 12.1 Å². The molecule has 8 nitrogen and oxygen atoms in total. The van der Waals surface area contributed by atoms with Crippen LogP contribution in [0.2, 0.25) is 0 Å². The first-order valence-corrected chi connectivity index (χ1v) is 7.99. The van der Waals surface area contributed by atoms with Gasteiger partial charge in [-0.2, -0.15) is 0 Å². The van der Waals surface area contributed by atoms with Gasteiger partial charge in [-0.05, 0) is 39.3 Å². The smallest absolute Gasteiger partial charge is 0.408 e. The first-order chi connectivity index (χ1) is 11.7. The second-order valence-corrected chi connectivity index (χ2v) is 6.33. The average Bonchev–Trinajstić information content (AvgIpc) is 2.51. The Morgan fingerprint density at radius 3 is 2.32 bits per heavy atom. The van der Waals surface area contributed by atoms with Crippen LogP contribution >= 0.6 is 0 Å². The topological polar surface area (TPSA) is 117 Å². The number of phenolic OH excluding ortho intramolecular Hbond substituents is 1. The summed E-state index contributed by atoms with van der Waals surface area (Å²) in [4.78, 5) is 34.8. The Hall–Kier alpha value is -2.77. The van der Waals surface area contributed by atoms with Crippen LogP contribution in [0.15, 0.2) is 24.3 Å². The molecule has 8 heteroatoms. The van der Waals surface area contributed by atoms with Crippen molar-refractivity contribution in [2.24, 2.45) is 0 Å². The molecule has 0 heterocycles. The van der Waals surface area contributed by atoms with Crippen LogP contribution in [0.25, 0.3) is 0 Å². The van der Waals surface area contributed by atoms with Crippen LogP contribution in [0.3, 0.4) is 0 Å². The van der Waals surface area contributed by atoms with E-state index in [0.717, 1.165) is 0 Å². The molecule has 3 amide bonds. The molecule has 0 radical (unpaired) electrons. The van der Waals surface area contributed by atoms with Gasteiger partial charge in [0, 0.05) is 13.1 Å². The predicted octanol–water partition coefficient (Wildman–Crippen LogP) is 1.15. The third-order valence-corrected chi connectivity index (χ3v) is 2.90. The molecule has 0 fully saturated rings. The summed E-state index contributed by atoms with van der Waals surface area (Å²) in [6.45, 7) is 5.70. The maximum absolute atomic E-state index is 11.8. The molecule has 0 aliphatic rings. The lowest BCUT2D eigenvalue weighted by atomic mass is 10.2. The summed E-state index contributed by atoms with van der Waals surface area (Å²) in [5.74, 6) is -0.810. The lowest BCUT2D eigenvalue weighted by molar-refractivity contribution is -0.120. The fourth-order valence-electron chi connectivity index (χ4n) is 1.81. The van der Waals surface area contributed by atoms with Gasteiger partial charge < -0.3 is 25.8 Å². The van der Waals surface area contributed by atoms with Crippen molar-refractivity contribution in [1.82, 2.24) is 16.0 Å². The largest absolute Gasteiger partial charge is 0.507 e. The Morgan fingerprint density at radius 2 is 1.68 bits per heavy atom. The van der Waals surface area contributed by atoms with Crippen molar-refractivity contribution in [2.45, 2.75) is 32.8 Å². The number of benzene rings is 1. The normalized spacial score (nSPS) is 10.7. The molecule has 0 aromatic heterocycles. The molecule has 0 saturated carbocycles. The highest BCUT2D eigenvalue weighted by molar-refractivity contribution is 5.96. The number of aromatic hydroxyl groups is 1. The van der Waals surface area contributed by atoms with E-state index >= 15 is 0 Å². The number of alkyl carbamates (subject to hydrolysis) is 1. The van der Waals surface area contributed by atoms with Crippen LogP contribution < -0.4 is 16.0 Å². The minimum absolute atomic E-state index is 0.0819. The summed E-state index contributed by atoms with van der Waals surface area (Å²) in [7, 11) is 0. The number of ether oxygens (including phenoxy) is 1. The SMILES string of the molecule is CC(C)(C)OC(=O)NCC(=O)NCCCNC(=O)c1ccccc1O. The van der Waals surface area contributed by atoms with Crippen molar-refractivity contribution in [3.8, 4) is 5.75 Å². The summed E-state index contributed by atoms with van der Waals surface area (Å²) in [5, 5.41) is 17.2. The quantitative estimate of drug-likeness (QED) is 0.550. The second-order valence-electron chi connectivity index (χ2n) is 6.33. The van der Waals surface area contributed by atoms with Crippen molar-refractivity contribution in [3.05, 3.63) is 29.8 Å². The number of para-hydroxylation sites is 1. The number of hydrogen-bond donors (Lipinski definition) is 4. The van der Waals surface area contributed by atoms with E-state index in [2.05, 4.69) is 16.0 Å². The zero-order valence-electron chi connectivity index (χ0n) is 14.7. The van der Waals surface area contributed by atoms with Crippen molar-refractivity contribution < 1.29 is 24.2 Å². The minimum atomic E-state index is -0.655. The monoisotopic (exact) mass is 351 g/mol. The second kappa shape index (κ2) is 9.51. The number of hydrogen-bond acceptors (Lipinski definition) is 5. The lowest BCUT2D eigenvalue weighted by Crippen LogP contribution is -2.40. The third kappa shape index (κ3) is 8.59. The molecule has 4 N–H and O–H groups in total. The van der Waals surface area contributed by atoms with Gasteiger partial charge in [-0.1, -0.05) is 12.1 Å². The van der Waals surface area contributed by atoms with Gasteiger partial charge >= 0.3 is 6.09 Å². The average molecular weight is 351 g/mol. The summed E-state index contributed by atoms with van der Waals surface area (Å²) >= 11 is 0. The molecule has 138 valence electrons. The molecular formula is C17H25N3O5. The highest BCUT2D eigenvalue weighted by atomic mass is 16.6. The fourth-order valence-corrected chi connectivity index (χ4v) is 1.81. The van der Waals surface area contributed by atoms with Crippen molar-refractivity contribution in [1.29, 1.82) is 0 Å². The van der Waals surface area contributed by atoms with Crippen LogP contribution in [0.5, 0.6) is 5.75 Å². The van der Waals surface area contributed by atoms with Gasteiger partial charge in [0.2, 0.25) is 5.91 Å². The van der Waals surface area contributed by atoms with E-state index in [9.17, 15) is 19.5 Å². The predicted molar refractivity (Wildman–Crippen MR) is 92.3 cm³/mol. The van der Waals surface area contributed by atoms with E-state index in [-0.39, 0.29) is 29.7 Å². The fraction of sp³-hybridized carbons (Fsp3) is 0.471. The van der Waals surface area contributed by atoms with Crippen molar-refractivity contribution in [2.75, 3.05) is 19.6 Å². The Morgan fingerprint density at radius 1 is 1.04 bits per heavy atom. The van der Waals surface area contributed by atoms with E-state index in [1.807, 2.05) is 0 Å². The molecule has 0 spiro atoms. The maximum atomic E-state index is 11.8. The standard InChI is InChI=1S/C17H25N3O5/c1-17(2,3)25-16(24)20-11-14(22)18-9-6-10-19-15(23)12-7-4-5-8-13(12)21/h4-5,7-8,21H,6,9-11H2,1-3H3,(H,18,22)(H,19,23)(H,20,24). The summed E-state index contributed by atoms with van der Waals surface area (Å²) in [6.07, 6.45) is -0.144. The molecule has 0 unspecified atom stereocenters. The number of carbonyl (C=O) groups is 3. The number of phenols is 1. The van der Waals surface area contributed by atoms with E-state index in [4.69, 9.17) is 4.74 Å². The lowest BCUT2D eigenvalue weighted by Gasteiger charge is -2.19. The zero-order chi connectivity index (χ0) is 18.9. The van der Waals surface area contributed by atoms with E-state index in [1.54, 1.807) is 32.9 Å².